The molecule has 0 amide bonds. The minimum Gasteiger partial charge on any atom is -0.434 e. The minimum absolute atomic E-state index is 0.316. The first kappa shape index (κ1) is 12.8. The van der Waals surface area contributed by atoms with Gasteiger partial charge >= 0.3 is 6.16 Å². The number of nitrogens with zero attached hydrogens (tertiary/aromatic N) is 1. The van der Waals surface area contributed by atoms with Crippen molar-refractivity contribution >= 4 is 6.16 Å². The van der Waals surface area contributed by atoms with Crippen molar-refractivity contribution in [3.05, 3.63) is 0 Å². The highest BCUT2D eigenvalue weighted by Crippen LogP contribution is 2.08. The van der Waals surface area contributed by atoms with Gasteiger partial charge in [0.15, 0.2) is 0 Å². The van der Waals surface area contributed by atoms with Crippen LogP contribution in [-0.2, 0) is 9.47 Å². The zero-order chi connectivity index (χ0) is 11.0. The molecule has 0 aromatic carbocycles. The Morgan fingerprint density at radius 1 is 1.36 bits per heavy atom. The van der Waals surface area contributed by atoms with Gasteiger partial charge in [0.2, 0.25) is 0 Å². The van der Waals surface area contributed by atoms with Crippen molar-refractivity contribution in [2.45, 2.75) is 45.6 Å². The summed E-state index contributed by atoms with van der Waals surface area (Å²) in [5.41, 5.74) is -0.510. The SMILES string of the molecule is CC(C)(C)OC(=O)OCCCCC#N. The zero-order valence-electron chi connectivity index (χ0n) is 9.00. The van der Waals surface area contributed by atoms with Crippen molar-refractivity contribution in [2.24, 2.45) is 0 Å². The summed E-state index contributed by atoms with van der Waals surface area (Å²) in [6.45, 7) is 5.66. The number of carbonyl (C=O) groups is 1. The van der Waals surface area contributed by atoms with Gasteiger partial charge in [0, 0.05) is 6.42 Å². The Kier molecular flexibility index (Phi) is 5.70. The first-order valence-corrected chi connectivity index (χ1v) is 4.68. The summed E-state index contributed by atoms with van der Waals surface area (Å²) in [6.07, 6.45) is 1.30. The van der Waals surface area contributed by atoms with Gasteiger partial charge in [-0.15, -0.1) is 0 Å². The molecule has 0 N–H and O–H groups in total. The van der Waals surface area contributed by atoms with E-state index in [4.69, 9.17) is 14.7 Å². The Morgan fingerprint density at radius 2 is 2.00 bits per heavy atom. The fraction of sp³-hybridized carbons (Fsp3) is 0.800. The molecule has 80 valence electrons. The third kappa shape index (κ3) is 8.85. The zero-order valence-corrected chi connectivity index (χ0v) is 9.00. The molecule has 0 aliphatic rings. The molecule has 0 saturated carbocycles. The quantitative estimate of drug-likeness (QED) is 0.516. The fourth-order valence-corrected chi connectivity index (χ4v) is 0.741. The molecule has 0 fully saturated rings. The van der Waals surface area contributed by atoms with E-state index in [0.29, 0.717) is 19.4 Å². The van der Waals surface area contributed by atoms with Gasteiger partial charge in [0.25, 0.3) is 0 Å². The molecule has 0 atom stereocenters. The molecule has 0 aromatic heterocycles. The Hall–Kier alpha value is -1.24. The standard InChI is InChI=1S/C10H17NO3/c1-10(2,3)14-9(12)13-8-6-4-5-7-11/h4-6,8H2,1-3H3. The first-order valence-electron chi connectivity index (χ1n) is 4.68. The summed E-state index contributed by atoms with van der Waals surface area (Å²) in [5, 5.41) is 8.25. The second kappa shape index (κ2) is 6.25. The number of rotatable bonds is 4. The molecule has 0 unspecified atom stereocenters. The van der Waals surface area contributed by atoms with Crippen molar-refractivity contribution in [2.75, 3.05) is 6.61 Å². The maximum atomic E-state index is 11.0. The number of hydrogen-bond acceptors (Lipinski definition) is 4. The number of hydrogen-bond donors (Lipinski definition) is 0. The molecule has 0 rings (SSSR count). The lowest BCUT2D eigenvalue weighted by molar-refractivity contribution is -0.00760. The number of unbranched alkanes of at least 4 members (excludes halogenated alkanes) is 2. The van der Waals surface area contributed by atoms with Gasteiger partial charge in [-0.2, -0.15) is 5.26 Å². The Morgan fingerprint density at radius 3 is 2.50 bits per heavy atom. The number of carbonyl (C=O) groups excluding carboxylic acids is 1. The average Bonchev–Trinajstić information content (AvgIpc) is 2.00. The second-order valence-corrected chi connectivity index (χ2v) is 3.93. The summed E-state index contributed by atoms with van der Waals surface area (Å²) < 4.78 is 9.71. The highest BCUT2D eigenvalue weighted by molar-refractivity contribution is 5.60. The van der Waals surface area contributed by atoms with Gasteiger partial charge in [0.05, 0.1) is 12.7 Å². The normalized spacial score (nSPS) is 10.4. The monoisotopic (exact) mass is 199 g/mol. The van der Waals surface area contributed by atoms with Crippen LogP contribution in [0.5, 0.6) is 0 Å². The van der Waals surface area contributed by atoms with Crippen LogP contribution in [0.3, 0.4) is 0 Å². The van der Waals surface area contributed by atoms with E-state index >= 15 is 0 Å². The van der Waals surface area contributed by atoms with E-state index in [1.165, 1.54) is 0 Å². The summed E-state index contributed by atoms with van der Waals surface area (Å²) >= 11 is 0. The largest absolute Gasteiger partial charge is 0.508 e. The molecular formula is C10H17NO3. The molecule has 0 aliphatic carbocycles. The van der Waals surface area contributed by atoms with Gasteiger partial charge in [-0.3, -0.25) is 0 Å². The molecule has 0 heterocycles. The van der Waals surface area contributed by atoms with Crippen LogP contribution < -0.4 is 0 Å². The lowest BCUT2D eigenvalue weighted by Crippen LogP contribution is -2.24. The van der Waals surface area contributed by atoms with Crippen LogP contribution >= 0.6 is 0 Å². The van der Waals surface area contributed by atoms with Crippen molar-refractivity contribution in [1.29, 1.82) is 5.26 Å². The molecule has 0 spiro atoms. The predicted molar refractivity (Wildman–Crippen MR) is 51.7 cm³/mol. The topological polar surface area (TPSA) is 59.3 Å². The molecular weight excluding hydrogens is 182 g/mol. The first-order chi connectivity index (χ1) is 6.45. The molecule has 0 bridgehead atoms. The molecule has 0 radical (unpaired) electrons. The van der Waals surface area contributed by atoms with Crippen LogP contribution in [0.2, 0.25) is 0 Å². The molecule has 0 saturated heterocycles. The summed E-state index contributed by atoms with van der Waals surface area (Å²) in [5.74, 6) is 0. The third-order valence-electron chi connectivity index (χ3n) is 1.29. The van der Waals surface area contributed by atoms with E-state index in [0.717, 1.165) is 6.42 Å². The number of nitriles is 1. The van der Waals surface area contributed by atoms with Crippen LogP contribution in [0, 0.1) is 11.3 Å². The third-order valence-corrected chi connectivity index (χ3v) is 1.29. The van der Waals surface area contributed by atoms with Crippen molar-refractivity contribution in [3.8, 4) is 6.07 Å². The van der Waals surface area contributed by atoms with Crippen molar-refractivity contribution in [3.63, 3.8) is 0 Å². The van der Waals surface area contributed by atoms with Crippen molar-refractivity contribution in [1.82, 2.24) is 0 Å². The second-order valence-electron chi connectivity index (χ2n) is 3.93. The Labute approximate surface area is 84.8 Å². The Balaban J connectivity index is 3.42. The maximum Gasteiger partial charge on any atom is 0.508 e. The smallest absolute Gasteiger partial charge is 0.434 e. The predicted octanol–water partition coefficient (Wildman–Crippen LogP) is 2.63. The fourth-order valence-electron chi connectivity index (χ4n) is 0.741. The summed E-state index contributed by atoms with van der Waals surface area (Å²) in [4.78, 5) is 11.0. The van der Waals surface area contributed by atoms with E-state index in [9.17, 15) is 4.79 Å². The van der Waals surface area contributed by atoms with E-state index in [2.05, 4.69) is 0 Å². The lowest BCUT2D eigenvalue weighted by atomic mass is 10.2. The van der Waals surface area contributed by atoms with Gasteiger partial charge < -0.3 is 9.47 Å². The minimum atomic E-state index is -0.644. The van der Waals surface area contributed by atoms with Crippen LogP contribution in [0.25, 0.3) is 0 Å². The van der Waals surface area contributed by atoms with Crippen molar-refractivity contribution < 1.29 is 14.3 Å². The van der Waals surface area contributed by atoms with Crippen LogP contribution in [0.15, 0.2) is 0 Å². The average molecular weight is 199 g/mol. The number of ether oxygens (including phenoxy) is 2. The molecule has 0 aromatic rings. The molecule has 4 heteroatoms. The van der Waals surface area contributed by atoms with E-state index in [1.807, 2.05) is 6.07 Å². The lowest BCUT2D eigenvalue weighted by Gasteiger charge is -2.18. The highest BCUT2D eigenvalue weighted by Gasteiger charge is 2.16. The highest BCUT2D eigenvalue weighted by atomic mass is 16.7. The van der Waals surface area contributed by atoms with Gasteiger partial charge in [-0.25, -0.2) is 4.79 Å². The molecule has 4 nitrogen and oxygen atoms in total. The van der Waals surface area contributed by atoms with Gasteiger partial charge in [-0.05, 0) is 33.6 Å². The van der Waals surface area contributed by atoms with Crippen LogP contribution in [-0.4, -0.2) is 18.4 Å². The molecule has 0 aliphatic heterocycles. The Bertz CT molecular complexity index is 212. The summed E-state index contributed by atoms with van der Waals surface area (Å²) in [6, 6.07) is 2.02. The van der Waals surface area contributed by atoms with E-state index in [1.54, 1.807) is 20.8 Å². The van der Waals surface area contributed by atoms with Gasteiger partial charge in [0.1, 0.15) is 5.60 Å². The molecule has 14 heavy (non-hydrogen) atoms. The van der Waals surface area contributed by atoms with E-state index in [-0.39, 0.29) is 0 Å². The van der Waals surface area contributed by atoms with E-state index < -0.39 is 11.8 Å². The van der Waals surface area contributed by atoms with Crippen LogP contribution in [0.1, 0.15) is 40.0 Å². The van der Waals surface area contributed by atoms with Gasteiger partial charge in [-0.1, -0.05) is 0 Å². The summed E-state index contributed by atoms with van der Waals surface area (Å²) in [7, 11) is 0. The van der Waals surface area contributed by atoms with Crippen LogP contribution in [0.4, 0.5) is 4.79 Å². The maximum absolute atomic E-state index is 11.0.